The van der Waals surface area contributed by atoms with E-state index in [0.29, 0.717) is 6.42 Å². The minimum absolute atomic E-state index is 0. The van der Waals surface area contributed by atoms with Crippen molar-refractivity contribution < 1.29 is 14.7 Å². The van der Waals surface area contributed by atoms with Crippen molar-refractivity contribution in [2.75, 3.05) is 0 Å². The average molecular weight is 387 g/mol. The van der Waals surface area contributed by atoms with E-state index in [1.165, 1.54) is 6.41 Å². The van der Waals surface area contributed by atoms with E-state index >= 15 is 0 Å². The van der Waals surface area contributed by atoms with Crippen LogP contribution >= 0.6 is 0 Å². The average Bonchev–Trinajstić information content (AvgIpc) is 1.82. The molecule has 5 heteroatoms. The van der Waals surface area contributed by atoms with Crippen LogP contribution in [0.2, 0.25) is 0 Å². The zero-order chi connectivity index (χ0) is 7.28. The number of carbonyl (C=O) groups is 1. The quantitative estimate of drug-likeness (QED) is 0.506. The molecule has 0 aliphatic rings. The van der Waals surface area contributed by atoms with Crippen molar-refractivity contribution in [3.05, 3.63) is 0 Å². The van der Waals surface area contributed by atoms with Gasteiger partial charge in [-0.15, -0.1) is 0 Å². The fraction of sp³-hybridized carbons (Fsp3) is 0.600. The Morgan fingerprint density at radius 1 is 1.80 bits per heavy atom. The molecule has 0 bridgehead atoms. The number of aliphatic carboxylic acids is 1. The van der Waals surface area contributed by atoms with E-state index in [0.717, 1.165) is 0 Å². The molecule has 0 unspecified atom stereocenters. The van der Waals surface area contributed by atoms with Crippen LogP contribution in [0.15, 0.2) is 0 Å². The predicted octanol–water partition coefficient (Wildman–Crippen LogP) is -0.494. The molecular formula is C5H8FmNO3-. The third-order valence-electron chi connectivity index (χ3n) is 0.940. The molecule has 0 saturated carbocycles. The maximum Gasteiger partial charge on any atom is 0.323 e. The molecule has 1 amide bonds. The second-order valence-electron chi connectivity index (χ2n) is 1.55. The molecule has 0 aromatic carbocycles. The number of hydrogen-bond donors (Lipinski definition) is 2. The summed E-state index contributed by atoms with van der Waals surface area (Å²) in [5.41, 5.74) is 0. The first kappa shape index (κ1) is 10.8. The summed E-state index contributed by atoms with van der Waals surface area (Å²) in [7, 11) is 0. The van der Waals surface area contributed by atoms with E-state index in [4.69, 9.17) is 5.11 Å². The van der Waals surface area contributed by atoms with Crippen molar-refractivity contribution in [3.63, 3.8) is 0 Å². The van der Waals surface area contributed by atoms with E-state index in [2.05, 4.69) is 0 Å². The van der Waals surface area contributed by atoms with Gasteiger partial charge in [0.1, 0.15) is 0 Å². The Hall–Kier alpha value is -2.06. The molecule has 0 aromatic rings. The van der Waals surface area contributed by atoms with E-state index < -0.39 is 12.0 Å². The summed E-state index contributed by atoms with van der Waals surface area (Å²) < 4.78 is 0. The van der Waals surface area contributed by atoms with Crippen LogP contribution in [0.5, 0.6) is 0 Å². The van der Waals surface area contributed by atoms with Gasteiger partial charge >= 0.3 is 5.97 Å². The molecule has 0 heterocycles. The number of amides is 1. The standard InChI is InChI=1S/C5H8NO3.Fm/c1-2-4(5(8)9)6-3-7;/h4H,2H2,1H3,(H,6,7)(H,8,9);/q-1;/t4-;/m0./s1. The monoisotopic (exact) mass is 387 g/mol. The van der Waals surface area contributed by atoms with Gasteiger partial charge in [0.15, 0.2) is 0 Å². The number of nitrogens with one attached hydrogen (secondary N) is 1. The van der Waals surface area contributed by atoms with Crippen LogP contribution in [0.3, 0.4) is 0 Å². The molecule has 10 heavy (non-hydrogen) atoms. The van der Waals surface area contributed by atoms with Gasteiger partial charge < -0.3 is 15.2 Å². The zero-order valence-electron chi connectivity index (χ0n) is 5.34. The molecule has 1 atom stereocenters. The molecular weight excluding hydrogens is 379 g/mol. The molecule has 0 aromatic heterocycles. The Labute approximate surface area is 52.9 Å². The minimum Gasteiger partial charge on any atom is -0.520 e. The number of carboxylic acid groups (broad SMARTS) is 1. The summed E-state index contributed by atoms with van der Waals surface area (Å²) in [5.74, 6) is -1.03. The van der Waals surface area contributed by atoms with Crippen LogP contribution in [-0.4, -0.2) is 23.5 Å². The van der Waals surface area contributed by atoms with E-state index in [-0.39, 0.29) is 0 Å². The van der Waals surface area contributed by atoms with E-state index in [9.17, 15) is 9.59 Å². The minimum atomic E-state index is -1.03. The first-order valence-corrected chi connectivity index (χ1v) is 2.57. The topological polar surface area (TPSA) is 66.4 Å². The first-order valence-electron chi connectivity index (χ1n) is 2.57. The molecule has 64 valence electrons. The Morgan fingerprint density at radius 3 is 2.40 bits per heavy atom. The molecule has 0 spiro atoms. The summed E-state index contributed by atoms with van der Waals surface area (Å²) >= 11 is 0. The van der Waals surface area contributed by atoms with Crippen molar-refractivity contribution in [3.8, 4) is 0 Å². The fourth-order valence-corrected chi connectivity index (χ4v) is 0.410. The largest absolute Gasteiger partial charge is 0.520 e. The van der Waals surface area contributed by atoms with Gasteiger partial charge in [-0.3, -0.25) is 4.79 Å². The van der Waals surface area contributed by atoms with Gasteiger partial charge in [0.05, 0.1) is 6.04 Å². The Kier molecular flexibility index (Phi) is 5.51. The molecule has 4 nitrogen and oxygen atoms in total. The second-order valence-corrected chi connectivity index (χ2v) is 1.55. The number of carboxylic acids is 1. The first-order chi connectivity index (χ1) is 4.22. The summed E-state index contributed by atoms with van der Waals surface area (Å²) in [5, 5.41) is 10.3. The van der Waals surface area contributed by atoms with Crippen LogP contribution in [-0.2, 0) is 9.59 Å². The molecule has 2 N–H and O–H groups in total. The van der Waals surface area contributed by atoms with Crippen LogP contribution in [0.25, 0.3) is 0 Å². The van der Waals surface area contributed by atoms with Gasteiger partial charge in [-0.2, -0.15) is 6.41 Å². The molecule has 0 aliphatic heterocycles. The molecule has 0 aliphatic carbocycles. The van der Waals surface area contributed by atoms with Crippen molar-refractivity contribution in [1.29, 1.82) is 0 Å². The molecule has 0 saturated heterocycles. The molecule has 0 rings (SSSR count). The maximum atomic E-state index is 10.1. The van der Waals surface area contributed by atoms with Crippen molar-refractivity contribution in [2.24, 2.45) is 0 Å². The smallest absolute Gasteiger partial charge is 0.323 e. The maximum absolute atomic E-state index is 10.1. The van der Waals surface area contributed by atoms with Gasteiger partial charge in [0.2, 0.25) is 0 Å². The number of carbonyl (C=O) groups excluding carboxylic acids is 1. The Bertz CT molecular complexity index is 117. The summed E-state index contributed by atoms with van der Waals surface area (Å²) in [6.07, 6.45) is 1.70. The predicted molar refractivity (Wildman–Crippen MR) is 30.5 cm³/mol. The molecule has 0 radical (unpaired) electrons. The zero-order valence-corrected chi connectivity index (χ0v) is 7.74. The Balaban J connectivity index is 0. The van der Waals surface area contributed by atoms with Crippen LogP contribution in [0, 0.1) is 0 Å². The molecule has 0 fully saturated rings. The van der Waals surface area contributed by atoms with Crippen molar-refractivity contribution in [1.82, 2.24) is 5.32 Å². The third kappa shape index (κ3) is 3.01. The SMILES string of the molecule is CC[C@H](N[C-]=O)C(=O)O.[Fm]. The van der Waals surface area contributed by atoms with Crippen molar-refractivity contribution in [2.45, 2.75) is 19.4 Å². The van der Waals surface area contributed by atoms with Gasteiger partial charge in [0, 0.05) is 0 Å². The third-order valence-corrected chi connectivity index (χ3v) is 0.940. The fourth-order valence-electron chi connectivity index (χ4n) is 0.410. The van der Waals surface area contributed by atoms with Crippen LogP contribution in [0.1, 0.15) is 13.3 Å². The van der Waals surface area contributed by atoms with E-state index in [1.54, 1.807) is 6.92 Å². The van der Waals surface area contributed by atoms with Gasteiger partial charge in [-0.1, -0.05) is 6.92 Å². The van der Waals surface area contributed by atoms with Gasteiger partial charge in [-0.05, 0) is 6.42 Å². The van der Waals surface area contributed by atoms with Crippen molar-refractivity contribution >= 4 is 12.4 Å². The normalized spacial score (nSPS) is 10.9. The number of rotatable bonds is 4. The summed E-state index contributed by atoms with van der Waals surface area (Å²) in [6, 6.07) is -0.789. The second kappa shape index (κ2) is 5.08. The Morgan fingerprint density at radius 2 is 2.30 bits per heavy atom. The number of hydrogen-bond acceptors (Lipinski definition) is 2. The summed E-state index contributed by atoms with van der Waals surface area (Å²) in [4.78, 5) is 19.7. The summed E-state index contributed by atoms with van der Waals surface area (Å²) in [6.45, 7) is 1.67. The van der Waals surface area contributed by atoms with Gasteiger partial charge in [-0.25, -0.2) is 0 Å². The van der Waals surface area contributed by atoms with Gasteiger partial charge in [0.25, 0.3) is 0 Å². The van der Waals surface area contributed by atoms with E-state index in [1.807, 2.05) is 5.32 Å². The van der Waals surface area contributed by atoms with Crippen LogP contribution in [0.4, 0.5) is 0 Å². The van der Waals surface area contributed by atoms with Crippen LogP contribution < -0.4 is 5.32 Å².